The fourth-order valence-electron chi connectivity index (χ4n) is 1.97. The van der Waals surface area contributed by atoms with Crippen LogP contribution in [0.3, 0.4) is 0 Å². The predicted octanol–water partition coefficient (Wildman–Crippen LogP) is 2.24. The maximum Gasteiger partial charge on any atom is 0.335 e. The molecule has 2 N–H and O–H groups in total. The number of nitrogens with zero attached hydrogens (tertiary/aromatic N) is 1. The summed E-state index contributed by atoms with van der Waals surface area (Å²) in [7, 11) is 0. The van der Waals surface area contributed by atoms with E-state index in [0.717, 1.165) is 18.4 Å². The van der Waals surface area contributed by atoms with Crippen LogP contribution in [0, 0.1) is 0 Å². The van der Waals surface area contributed by atoms with E-state index in [4.69, 9.17) is 5.11 Å². The van der Waals surface area contributed by atoms with Crippen molar-refractivity contribution in [3.63, 3.8) is 0 Å². The van der Waals surface area contributed by atoms with Crippen LogP contribution in [0.2, 0.25) is 0 Å². The molecule has 5 heteroatoms. The first-order valence-electron chi connectivity index (χ1n) is 6.59. The van der Waals surface area contributed by atoms with Crippen LogP contribution >= 0.6 is 0 Å². The molecule has 0 unspecified atom stereocenters. The molecule has 0 spiro atoms. The van der Waals surface area contributed by atoms with Crippen molar-refractivity contribution in [2.45, 2.75) is 25.4 Å². The lowest BCUT2D eigenvalue weighted by Crippen LogP contribution is -2.41. The molecular formula is C15H18N2O3. The van der Waals surface area contributed by atoms with Crippen molar-refractivity contribution >= 4 is 12.0 Å². The molecule has 0 radical (unpaired) electrons. The Bertz CT molecular complexity index is 506. The zero-order chi connectivity index (χ0) is 14.5. The van der Waals surface area contributed by atoms with Crippen molar-refractivity contribution < 1.29 is 14.7 Å². The molecule has 1 aliphatic rings. The zero-order valence-corrected chi connectivity index (χ0v) is 11.2. The first-order chi connectivity index (χ1) is 9.61. The van der Waals surface area contributed by atoms with Crippen LogP contribution in [0.25, 0.3) is 0 Å². The summed E-state index contributed by atoms with van der Waals surface area (Å²) in [5, 5.41) is 11.7. The van der Waals surface area contributed by atoms with Gasteiger partial charge in [-0.1, -0.05) is 18.2 Å². The molecule has 0 aliphatic heterocycles. The van der Waals surface area contributed by atoms with Gasteiger partial charge in [0, 0.05) is 19.1 Å². The average molecular weight is 274 g/mol. The molecule has 0 saturated heterocycles. The Morgan fingerprint density at radius 1 is 1.35 bits per heavy atom. The van der Waals surface area contributed by atoms with Gasteiger partial charge in [-0.05, 0) is 30.5 Å². The number of carbonyl (C=O) groups excluding carboxylic acids is 1. The van der Waals surface area contributed by atoms with Gasteiger partial charge in [0.05, 0.1) is 5.56 Å². The standard InChI is InChI=1S/C15H18N2O3/c1-2-9-17(13-7-8-13)15(20)16-10-11-3-5-12(6-4-11)14(18)19/h2-6,13H,1,7-10H2,(H,16,20)(H,18,19). The smallest absolute Gasteiger partial charge is 0.335 e. The first kappa shape index (κ1) is 14.1. The van der Waals surface area contributed by atoms with Gasteiger partial charge in [-0.25, -0.2) is 9.59 Å². The van der Waals surface area contributed by atoms with Gasteiger partial charge in [0.25, 0.3) is 0 Å². The van der Waals surface area contributed by atoms with Crippen molar-refractivity contribution in [2.75, 3.05) is 6.54 Å². The average Bonchev–Trinajstić information content (AvgIpc) is 3.27. The van der Waals surface area contributed by atoms with Gasteiger partial charge in [-0.2, -0.15) is 0 Å². The van der Waals surface area contributed by atoms with Gasteiger partial charge >= 0.3 is 12.0 Å². The fourth-order valence-corrected chi connectivity index (χ4v) is 1.97. The largest absolute Gasteiger partial charge is 0.478 e. The van der Waals surface area contributed by atoms with Crippen molar-refractivity contribution in [2.24, 2.45) is 0 Å². The number of carbonyl (C=O) groups is 2. The lowest BCUT2D eigenvalue weighted by Gasteiger charge is -2.21. The molecule has 1 aromatic carbocycles. The SMILES string of the molecule is C=CCN(C(=O)NCc1ccc(C(=O)O)cc1)C1CC1. The number of nitrogens with one attached hydrogen (secondary N) is 1. The second kappa shape index (κ2) is 6.23. The van der Waals surface area contributed by atoms with E-state index < -0.39 is 5.97 Å². The molecule has 0 bridgehead atoms. The van der Waals surface area contributed by atoms with E-state index in [1.54, 1.807) is 23.1 Å². The Morgan fingerprint density at radius 2 is 2.00 bits per heavy atom. The molecule has 0 atom stereocenters. The maximum atomic E-state index is 12.0. The van der Waals surface area contributed by atoms with Crippen LogP contribution < -0.4 is 5.32 Å². The number of carboxylic acids is 1. The van der Waals surface area contributed by atoms with Crippen LogP contribution in [-0.2, 0) is 6.54 Å². The highest BCUT2D eigenvalue weighted by Crippen LogP contribution is 2.26. The van der Waals surface area contributed by atoms with Crippen molar-refractivity contribution in [1.82, 2.24) is 10.2 Å². The summed E-state index contributed by atoms with van der Waals surface area (Å²) in [6.07, 6.45) is 3.82. The lowest BCUT2D eigenvalue weighted by molar-refractivity contribution is 0.0697. The summed E-state index contributed by atoms with van der Waals surface area (Å²) in [4.78, 5) is 24.5. The number of aromatic carboxylic acids is 1. The summed E-state index contributed by atoms with van der Waals surface area (Å²) in [5.41, 5.74) is 1.11. The van der Waals surface area contributed by atoms with Crippen LogP contribution in [0.5, 0.6) is 0 Å². The summed E-state index contributed by atoms with van der Waals surface area (Å²) in [6.45, 7) is 4.60. The van der Waals surface area contributed by atoms with Gasteiger partial charge in [0.1, 0.15) is 0 Å². The Balaban J connectivity index is 1.88. The highest BCUT2D eigenvalue weighted by molar-refractivity contribution is 5.87. The molecular weight excluding hydrogens is 256 g/mol. The number of urea groups is 1. The van der Waals surface area contributed by atoms with Crippen molar-refractivity contribution in [3.05, 3.63) is 48.0 Å². The van der Waals surface area contributed by atoms with E-state index in [2.05, 4.69) is 11.9 Å². The Hall–Kier alpha value is -2.30. The van der Waals surface area contributed by atoms with Gasteiger partial charge < -0.3 is 15.3 Å². The van der Waals surface area contributed by atoms with Crippen LogP contribution in [0.1, 0.15) is 28.8 Å². The summed E-state index contributed by atoms with van der Waals surface area (Å²) in [5.74, 6) is -0.952. The molecule has 1 aliphatic carbocycles. The highest BCUT2D eigenvalue weighted by Gasteiger charge is 2.31. The molecule has 2 amide bonds. The topological polar surface area (TPSA) is 69.6 Å². The second-order valence-electron chi connectivity index (χ2n) is 4.83. The van der Waals surface area contributed by atoms with E-state index >= 15 is 0 Å². The molecule has 0 aromatic heterocycles. The monoisotopic (exact) mass is 274 g/mol. The minimum absolute atomic E-state index is 0.102. The second-order valence-corrected chi connectivity index (χ2v) is 4.83. The van der Waals surface area contributed by atoms with Gasteiger partial charge in [-0.3, -0.25) is 0 Å². The van der Waals surface area contributed by atoms with E-state index in [0.29, 0.717) is 19.1 Å². The third-order valence-electron chi connectivity index (χ3n) is 3.22. The molecule has 20 heavy (non-hydrogen) atoms. The van der Waals surface area contributed by atoms with Crippen LogP contribution in [0.15, 0.2) is 36.9 Å². The normalized spacial score (nSPS) is 13.6. The number of rotatable bonds is 6. The molecule has 1 saturated carbocycles. The van der Waals surface area contributed by atoms with Gasteiger partial charge in [-0.15, -0.1) is 6.58 Å². The number of hydrogen-bond donors (Lipinski definition) is 2. The van der Waals surface area contributed by atoms with Crippen LogP contribution in [0.4, 0.5) is 4.79 Å². The van der Waals surface area contributed by atoms with Crippen molar-refractivity contribution in [3.8, 4) is 0 Å². The Kier molecular flexibility index (Phi) is 4.40. The molecule has 5 nitrogen and oxygen atoms in total. The quantitative estimate of drug-likeness (QED) is 0.782. The van der Waals surface area contributed by atoms with Crippen LogP contribution in [-0.4, -0.2) is 34.6 Å². The predicted molar refractivity (Wildman–Crippen MR) is 75.6 cm³/mol. The summed E-state index contributed by atoms with van der Waals surface area (Å²) in [6, 6.07) is 6.72. The number of benzene rings is 1. The zero-order valence-electron chi connectivity index (χ0n) is 11.2. The molecule has 106 valence electrons. The number of amides is 2. The molecule has 1 fully saturated rings. The van der Waals surface area contributed by atoms with E-state index in [-0.39, 0.29) is 11.6 Å². The van der Waals surface area contributed by atoms with Gasteiger partial charge in [0.15, 0.2) is 0 Å². The lowest BCUT2D eigenvalue weighted by atomic mass is 10.1. The molecule has 0 heterocycles. The first-order valence-corrected chi connectivity index (χ1v) is 6.59. The highest BCUT2D eigenvalue weighted by atomic mass is 16.4. The third kappa shape index (κ3) is 3.60. The van der Waals surface area contributed by atoms with E-state index in [9.17, 15) is 9.59 Å². The minimum Gasteiger partial charge on any atom is -0.478 e. The van der Waals surface area contributed by atoms with E-state index in [1.165, 1.54) is 12.1 Å². The summed E-state index contributed by atoms with van der Waals surface area (Å²) >= 11 is 0. The minimum atomic E-state index is -0.952. The fraction of sp³-hybridized carbons (Fsp3) is 0.333. The number of carboxylic acid groups (broad SMARTS) is 1. The number of hydrogen-bond acceptors (Lipinski definition) is 2. The summed E-state index contributed by atoms with van der Waals surface area (Å²) < 4.78 is 0. The molecule has 2 rings (SSSR count). The maximum absolute atomic E-state index is 12.0. The Labute approximate surface area is 117 Å². The van der Waals surface area contributed by atoms with Gasteiger partial charge in [0.2, 0.25) is 0 Å². The van der Waals surface area contributed by atoms with Crippen molar-refractivity contribution in [1.29, 1.82) is 0 Å². The van der Waals surface area contributed by atoms with E-state index in [1.807, 2.05) is 0 Å². The molecule has 1 aromatic rings. The Morgan fingerprint density at radius 3 is 2.50 bits per heavy atom. The third-order valence-corrected chi connectivity index (χ3v) is 3.22.